The molecule has 1 amide bonds. The number of aromatic nitrogens is 1. The second-order valence-corrected chi connectivity index (χ2v) is 4.34. The van der Waals surface area contributed by atoms with Crippen LogP contribution in [0.15, 0.2) is 10.6 Å². The van der Waals surface area contributed by atoms with Crippen molar-refractivity contribution in [1.82, 2.24) is 10.5 Å². The molecule has 1 unspecified atom stereocenters. The Labute approximate surface area is 98.9 Å². The van der Waals surface area contributed by atoms with Gasteiger partial charge in [-0.1, -0.05) is 5.16 Å². The molecule has 6 heteroatoms. The van der Waals surface area contributed by atoms with E-state index in [1.54, 1.807) is 13.0 Å². The van der Waals surface area contributed by atoms with Crippen molar-refractivity contribution in [2.45, 2.75) is 25.3 Å². The van der Waals surface area contributed by atoms with Gasteiger partial charge in [0.05, 0.1) is 17.8 Å². The Morgan fingerprint density at radius 3 is 3.06 bits per heavy atom. The number of nitrogens with zero attached hydrogens (tertiary/aromatic N) is 1. The Morgan fingerprint density at radius 2 is 2.53 bits per heavy atom. The first-order valence-electron chi connectivity index (χ1n) is 5.60. The normalized spacial score (nSPS) is 23.9. The van der Waals surface area contributed by atoms with Crippen molar-refractivity contribution >= 4 is 5.91 Å². The van der Waals surface area contributed by atoms with Crippen LogP contribution in [0.1, 0.15) is 29.1 Å². The SMILES string of the molecule is Cc1cc(C(=O)NC2(CCO)CCOC2)on1. The summed E-state index contributed by atoms with van der Waals surface area (Å²) in [6.45, 7) is 2.78. The van der Waals surface area contributed by atoms with Crippen LogP contribution in [0.2, 0.25) is 0 Å². The molecular weight excluding hydrogens is 224 g/mol. The van der Waals surface area contributed by atoms with Gasteiger partial charge in [-0.05, 0) is 19.8 Å². The third-order valence-corrected chi connectivity index (χ3v) is 2.92. The Hall–Kier alpha value is -1.40. The van der Waals surface area contributed by atoms with E-state index < -0.39 is 5.54 Å². The number of nitrogens with one attached hydrogen (secondary N) is 1. The van der Waals surface area contributed by atoms with E-state index in [4.69, 9.17) is 14.4 Å². The minimum absolute atomic E-state index is 0.0130. The van der Waals surface area contributed by atoms with Crippen LogP contribution in [0.5, 0.6) is 0 Å². The van der Waals surface area contributed by atoms with Crippen molar-refractivity contribution in [1.29, 1.82) is 0 Å². The lowest BCUT2D eigenvalue weighted by molar-refractivity contribution is 0.0814. The Bertz CT molecular complexity index is 396. The first-order chi connectivity index (χ1) is 8.15. The van der Waals surface area contributed by atoms with Crippen molar-refractivity contribution in [2.75, 3.05) is 19.8 Å². The summed E-state index contributed by atoms with van der Waals surface area (Å²) in [7, 11) is 0. The van der Waals surface area contributed by atoms with Crippen LogP contribution < -0.4 is 5.32 Å². The monoisotopic (exact) mass is 240 g/mol. The highest BCUT2D eigenvalue weighted by molar-refractivity contribution is 5.92. The van der Waals surface area contributed by atoms with Crippen LogP contribution in [0, 0.1) is 6.92 Å². The van der Waals surface area contributed by atoms with Gasteiger partial charge in [0.25, 0.3) is 5.91 Å². The highest BCUT2D eigenvalue weighted by atomic mass is 16.5. The van der Waals surface area contributed by atoms with Crippen molar-refractivity contribution in [2.24, 2.45) is 0 Å². The number of rotatable bonds is 4. The van der Waals surface area contributed by atoms with E-state index in [2.05, 4.69) is 10.5 Å². The molecule has 0 bridgehead atoms. The standard InChI is InChI=1S/C11H16N2O4/c1-8-6-9(17-13-8)10(15)12-11(2-4-14)3-5-16-7-11/h6,14H,2-5,7H2,1H3,(H,12,15). The zero-order chi connectivity index (χ0) is 12.3. The van der Waals surface area contributed by atoms with Gasteiger partial charge < -0.3 is 19.7 Å². The van der Waals surface area contributed by atoms with Crippen LogP contribution >= 0.6 is 0 Å². The summed E-state index contributed by atoms with van der Waals surface area (Å²) in [5.41, 5.74) is 0.182. The fraction of sp³-hybridized carbons (Fsp3) is 0.636. The van der Waals surface area contributed by atoms with E-state index in [0.717, 1.165) is 0 Å². The van der Waals surface area contributed by atoms with Gasteiger partial charge in [0.15, 0.2) is 0 Å². The van der Waals surface area contributed by atoms with Crippen molar-refractivity contribution in [3.05, 3.63) is 17.5 Å². The van der Waals surface area contributed by atoms with Crippen LogP contribution in [0.3, 0.4) is 0 Å². The predicted molar refractivity (Wildman–Crippen MR) is 58.6 cm³/mol. The van der Waals surface area contributed by atoms with Crippen LogP contribution in [-0.2, 0) is 4.74 Å². The molecule has 0 radical (unpaired) electrons. The molecule has 0 aliphatic carbocycles. The molecule has 0 aromatic carbocycles. The Kier molecular flexibility index (Phi) is 3.44. The number of carbonyl (C=O) groups excluding carboxylic acids is 1. The van der Waals surface area contributed by atoms with Crippen molar-refractivity contribution < 1.29 is 19.2 Å². The number of carbonyl (C=O) groups is 1. The zero-order valence-electron chi connectivity index (χ0n) is 9.73. The number of amides is 1. The van der Waals surface area contributed by atoms with Gasteiger partial charge >= 0.3 is 0 Å². The Balaban J connectivity index is 2.05. The van der Waals surface area contributed by atoms with E-state index >= 15 is 0 Å². The van der Waals surface area contributed by atoms with Gasteiger partial charge in [-0.3, -0.25) is 4.79 Å². The van der Waals surface area contributed by atoms with Gasteiger partial charge in [-0.15, -0.1) is 0 Å². The van der Waals surface area contributed by atoms with Crippen LogP contribution in [0.25, 0.3) is 0 Å². The molecule has 1 aromatic heterocycles. The molecule has 1 aliphatic heterocycles. The fourth-order valence-corrected chi connectivity index (χ4v) is 1.95. The summed E-state index contributed by atoms with van der Waals surface area (Å²) < 4.78 is 10.2. The average Bonchev–Trinajstić information content (AvgIpc) is 2.88. The predicted octanol–water partition coefficient (Wildman–Crippen LogP) is 0.254. The number of aryl methyl sites for hydroxylation is 1. The van der Waals surface area contributed by atoms with Crippen molar-refractivity contribution in [3.8, 4) is 0 Å². The number of hydrogen-bond donors (Lipinski definition) is 2. The topological polar surface area (TPSA) is 84.6 Å². The molecule has 1 aliphatic rings. The summed E-state index contributed by atoms with van der Waals surface area (Å²) >= 11 is 0. The molecule has 1 fully saturated rings. The highest BCUT2D eigenvalue weighted by Crippen LogP contribution is 2.23. The van der Waals surface area contributed by atoms with Crippen LogP contribution in [-0.4, -0.2) is 41.5 Å². The van der Waals surface area contributed by atoms with E-state index in [1.165, 1.54) is 0 Å². The maximum Gasteiger partial charge on any atom is 0.290 e. The minimum Gasteiger partial charge on any atom is -0.396 e. The van der Waals surface area contributed by atoms with E-state index in [0.29, 0.717) is 31.7 Å². The summed E-state index contributed by atoms with van der Waals surface area (Å²) in [4.78, 5) is 11.9. The molecule has 94 valence electrons. The molecule has 2 rings (SSSR count). The van der Waals surface area contributed by atoms with Gasteiger partial charge in [-0.2, -0.15) is 0 Å². The summed E-state index contributed by atoms with van der Waals surface area (Å²) in [5.74, 6) is -0.128. The maximum absolute atomic E-state index is 11.9. The number of ether oxygens (including phenoxy) is 1. The largest absolute Gasteiger partial charge is 0.396 e. The molecule has 0 spiro atoms. The number of hydrogen-bond acceptors (Lipinski definition) is 5. The summed E-state index contributed by atoms with van der Waals surface area (Å²) in [6, 6.07) is 1.58. The first-order valence-corrected chi connectivity index (χ1v) is 5.60. The van der Waals surface area contributed by atoms with Gasteiger partial charge in [0.1, 0.15) is 0 Å². The number of aliphatic hydroxyl groups is 1. The molecule has 1 saturated heterocycles. The van der Waals surface area contributed by atoms with E-state index in [-0.39, 0.29) is 18.3 Å². The first kappa shape index (κ1) is 12.1. The smallest absolute Gasteiger partial charge is 0.290 e. The molecule has 0 saturated carbocycles. The van der Waals surface area contributed by atoms with Gasteiger partial charge in [0, 0.05) is 19.3 Å². The highest BCUT2D eigenvalue weighted by Gasteiger charge is 2.36. The van der Waals surface area contributed by atoms with Crippen molar-refractivity contribution in [3.63, 3.8) is 0 Å². The average molecular weight is 240 g/mol. The molecule has 1 aromatic rings. The summed E-state index contributed by atoms with van der Waals surface area (Å²) in [5, 5.41) is 15.6. The number of aliphatic hydroxyl groups excluding tert-OH is 1. The lowest BCUT2D eigenvalue weighted by Gasteiger charge is -2.27. The molecule has 17 heavy (non-hydrogen) atoms. The molecular formula is C11H16N2O4. The molecule has 2 N–H and O–H groups in total. The molecule has 2 heterocycles. The zero-order valence-corrected chi connectivity index (χ0v) is 9.73. The lowest BCUT2D eigenvalue weighted by atomic mass is 9.94. The van der Waals surface area contributed by atoms with Gasteiger partial charge in [-0.25, -0.2) is 0 Å². The van der Waals surface area contributed by atoms with Crippen LogP contribution in [0.4, 0.5) is 0 Å². The maximum atomic E-state index is 11.9. The Morgan fingerprint density at radius 1 is 1.71 bits per heavy atom. The minimum atomic E-state index is -0.480. The third kappa shape index (κ3) is 2.65. The lowest BCUT2D eigenvalue weighted by Crippen LogP contribution is -2.49. The molecule has 6 nitrogen and oxygen atoms in total. The third-order valence-electron chi connectivity index (χ3n) is 2.92. The molecule has 1 atom stereocenters. The second kappa shape index (κ2) is 4.85. The fourth-order valence-electron chi connectivity index (χ4n) is 1.95. The quantitative estimate of drug-likeness (QED) is 0.788. The second-order valence-electron chi connectivity index (χ2n) is 4.34. The van der Waals surface area contributed by atoms with E-state index in [9.17, 15) is 4.79 Å². The summed E-state index contributed by atoms with van der Waals surface area (Å²) in [6.07, 6.45) is 1.18. The van der Waals surface area contributed by atoms with E-state index in [1.807, 2.05) is 0 Å². The van der Waals surface area contributed by atoms with Gasteiger partial charge in [0.2, 0.25) is 5.76 Å².